The number of phenols is 4. The van der Waals surface area contributed by atoms with Crippen LogP contribution in [0, 0.1) is 0 Å². The van der Waals surface area contributed by atoms with Crippen molar-refractivity contribution in [3.63, 3.8) is 0 Å². The molecule has 8 N–H and O–H groups in total. The molecule has 5 atom stereocenters. The van der Waals surface area contributed by atoms with E-state index in [2.05, 4.69) is 0 Å². The molecule has 1 fully saturated rings. The Labute approximate surface area is 184 Å². The van der Waals surface area contributed by atoms with Crippen LogP contribution in [0.15, 0.2) is 39.5 Å². The van der Waals surface area contributed by atoms with Gasteiger partial charge in [0.25, 0.3) is 0 Å². The van der Waals surface area contributed by atoms with Crippen LogP contribution in [-0.4, -0.2) is 78.2 Å². The lowest BCUT2D eigenvalue weighted by Gasteiger charge is -2.39. The maximum Gasteiger partial charge on any atom is 0.239 e. The molecule has 0 radical (unpaired) electrons. The second-order valence-corrected chi connectivity index (χ2v) is 7.45. The normalized spacial score (nSPS) is 25.3. The summed E-state index contributed by atoms with van der Waals surface area (Å²) in [6.07, 6.45) is -8.40. The second kappa shape index (κ2) is 8.42. The van der Waals surface area contributed by atoms with Crippen LogP contribution in [0.2, 0.25) is 0 Å². The summed E-state index contributed by atoms with van der Waals surface area (Å²) in [6, 6.07) is 5.36. The molecule has 2 aromatic carbocycles. The minimum absolute atomic E-state index is 0.0201. The molecule has 1 aliphatic heterocycles. The summed E-state index contributed by atoms with van der Waals surface area (Å²) in [5.41, 5.74) is -1.19. The van der Waals surface area contributed by atoms with Crippen molar-refractivity contribution < 1.29 is 54.7 Å². The predicted molar refractivity (Wildman–Crippen MR) is 109 cm³/mol. The average molecular weight is 464 g/mol. The molecular weight excluding hydrogens is 444 g/mol. The van der Waals surface area contributed by atoms with Gasteiger partial charge < -0.3 is 54.7 Å². The van der Waals surface area contributed by atoms with E-state index in [1.165, 1.54) is 6.07 Å². The predicted octanol–water partition coefficient (Wildman–Crippen LogP) is -0.539. The number of rotatable bonds is 4. The van der Waals surface area contributed by atoms with Crippen molar-refractivity contribution in [3.8, 4) is 40.1 Å². The summed E-state index contributed by atoms with van der Waals surface area (Å²) in [5.74, 6) is -3.05. The van der Waals surface area contributed by atoms with E-state index in [0.29, 0.717) is 0 Å². The third kappa shape index (κ3) is 3.90. The fourth-order valence-electron chi connectivity index (χ4n) is 3.51. The highest BCUT2D eigenvalue weighted by Gasteiger charge is 2.45. The maximum atomic E-state index is 13.2. The molecule has 2 heterocycles. The highest BCUT2D eigenvalue weighted by atomic mass is 16.7. The largest absolute Gasteiger partial charge is 0.508 e. The Bertz CT molecular complexity index is 1250. The van der Waals surface area contributed by atoms with Crippen molar-refractivity contribution in [2.75, 3.05) is 6.61 Å². The van der Waals surface area contributed by atoms with Gasteiger partial charge in [0, 0.05) is 17.7 Å². The number of aromatic hydroxyl groups is 4. The third-order valence-corrected chi connectivity index (χ3v) is 5.24. The van der Waals surface area contributed by atoms with Crippen molar-refractivity contribution in [1.29, 1.82) is 0 Å². The molecule has 4 rings (SSSR count). The smallest absolute Gasteiger partial charge is 0.239 e. The van der Waals surface area contributed by atoms with E-state index in [-0.39, 0.29) is 22.3 Å². The van der Waals surface area contributed by atoms with Gasteiger partial charge in [-0.2, -0.15) is 0 Å². The Morgan fingerprint density at radius 2 is 1.61 bits per heavy atom. The van der Waals surface area contributed by atoms with Crippen molar-refractivity contribution in [2.24, 2.45) is 0 Å². The second-order valence-electron chi connectivity index (χ2n) is 7.45. The van der Waals surface area contributed by atoms with Gasteiger partial charge in [-0.05, 0) is 18.2 Å². The summed E-state index contributed by atoms with van der Waals surface area (Å²) in [4.78, 5) is 13.2. The van der Waals surface area contributed by atoms with Gasteiger partial charge in [0.1, 0.15) is 46.9 Å². The summed E-state index contributed by atoms with van der Waals surface area (Å²) < 4.78 is 16.5. The van der Waals surface area contributed by atoms with Gasteiger partial charge in [0.15, 0.2) is 17.3 Å². The van der Waals surface area contributed by atoms with Crippen molar-refractivity contribution in [3.05, 3.63) is 40.6 Å². The quantitative estimate of drug-likeness (QED) is 0.229. The number of benzene rings is 2. The molecule has 3 aromatic rings. The first kappa shape index (κ1) is 22.6. The number of hydrogen-bond donors (Lipinski definition) is 8. The standard InChI is InChI=1S/C21H20O12/c22-6-13-15(27)17(29)18(30)21(32-13)33-20-16(28)14-11(26)4-8(23)5-12(14)31-19(20)7-1-2-9(24)10(25)3-7/h1-5,13,15,17-18,21-27,29-30H,6H2/t13?,15-,17-,18?,21-/m0/s1. The Balaban J connectivity index is 1.91. The maximum absolute atomic E-state index is 13.2. The topological polar surface area (TPSA) is 211 Å². The summed E-state index contributed by atoms with van der Waals surface area (Å²) in [6.45, 7) is -0.740. The summed E-state index contributed by atoms with van der Waals surface area (Å²) in [7, 11) is 0. The highest BCUT2D eigenvalue weighted by Crippen LogP contribution is 2.39. The van der Waals surface area contributed by atoms with Crippen LogP contribution in [0.5, 0.6) is 28.7 Å². The van der Waals surface area contributed by atoms with Gasteiger partial charge in [0.05, 0.1) is 6.61 Å². The van der Waals surface area contributed by atoms with Gasteiger partial charge in [0.2, 0.25) is 17.5 Å². The van der Waals surface area contributed by atoms with Gasteiger partial charge in [-0.15, -0.1) is 0 Å². The van der Waals surface area contributed by atoms with Crippen molar-refractivity contribution in [1.82, 2.24) is 0 Å². The molecule has 0 spiro atoms. The van der Waals surface area contributed by atoms with Gasteiger partial charge in [-0.1, -0.05) is 0 Å². The van der Waals surface area contributed by atoms with Crippen LogP contribution in [0.4, 0.5) is 0 Å². The Morgan fingerprint density at radius 1 is 0.879 bits per heavy atom. The Hall–Kier alpha value is -3.55. The fraction of sp³-hybridized carbons (Fsp3) is 0.286. The Kier molecular flexibility index (Phi) is 5.78. The first-order valence-electron chi connectivity index (χ1n) is 9.64. The van der Waals surface area contributed by atoms with Crippen LogP contribution in [0.1, 0.15) is 0 Å². The van der Waals surface area contributed by atoms with E-state index >= 15 is 0 Å². The molecule has 1 aliphatic rings. The molecule has 33 heavy (non-hydrogen) atoms. The van der Waals surface area contributed by atoms with Crippen LogP contribution in [0.25, 0.3) is 22.3 Å². The number of aliphatic hydroxyl groups excluding tert-OH is 4. The van der Waals surface area contributed by atoms with E-state index in [1.807, 2.05) is 0 Å². The molecule has 12 nitrogen and oxygen atoms in total. The number of aliphatic hydroxyl groups is 4. The lowest BCUT2D eigenvalue weighted by Crippen LogP contribution is -2.60. The Morgan fingerprint density at radius 3 is 2.27 bits per heavy atom. The highest BCUT2D eigenvalue weighted by molar-refractivity contribution is 5.88. The molecule has 176 valence electrons. The van der Waals surface area contributed by atoms with E-state index in [1.54, 1.807) is 0 Å². The summed E-state index contributed by atoms with van der Waals surface area (Å²) >= 11 is 0. The number of fused-ring (bicyclic) bond motifs is 1. The number of phenolic OH excluding ortho intramolecular Hbond substituents is 4. The van der Waals surface area contributed by atoms with Crippen LogP contribution in [0.3, 0.4) is 0 Å². The zero-order valence-corrected chi connectivity index (χ0v) is 16.7. The van der Waals surface area contributed by atoms with Gasteiger partial charge in [-0.3, -0.25) is 4.79 Å². The first-order valence-corrected chi connectivity index (χ1v) is 9.64. The van der Waals surface area contributed by atoms with E-state index < -0.39 is 71.5 Å². The molecule has 1 saturated heterocycles. The first-order chi connectivity index (χ1) is 15.6. The molecule has 0 amide bonds. The van der Waals surface area contributed by atoms with Crippen molar-refractivity contribution in [2.45, 2.75) is 30.7 Å². The zero-order valence-electron chi connectivity index (χ0n) is 16.7. The molecule has 0 aliphatic carbocycles. The van der Waals surface area contributed by atoms with E-state index in [0.717, 1.165) is 24.3 Å². The number of ether oxygens (including phenoxy) is 2. The minimum Gasteiger partial charge on any atom is -0.508 e. The molecule has 1 aromatic heterocycles. The molecular formula is C21H20O12. The SMILES string of the molecule is O=c1c(O[C@@H]2OC(CO)[C@H](O)[C@H](O)C2O)c(-c2ccc(O)c(O)c2)oc2cc(O)cc(O)c12. The third-order valence-electron chi connectivity index (χ3n) is 5.24. The fourth-order valence-corrected chi connectivity index (χ4v) is 3.51. The van der Waals surface area contributed by atoms with Crippen LogP contribution < -0.4 is 10.2 Å². The van der Waals surface area contributed by atoms with E-state index in [4.69, 9.17) is 13.9 Å². The van der Waals surface area contributed by atoms with Crippen LogP contribution >= 0.6 is 0 Å². The molecule has 0 saturated carbocycles. The zero-order chi connectivity index (χ0) is 24.0. The molecule has 0 bridgehead atoms. The molecule has 2 unspecified atom stereocenters. The van der Waals surface area contributed by atoms with Crippen LogP contribution in [-0.2, 0) is 4.74 Å². The minimum atomic E-state index is -1.85. The lowest BCUT2D eigenvalue weighted by molar-refractivity contribution is -0.277. The van der Waals surface area contributed by atoms with Gasteiger partial charge in [-0.25, -0.2) is 0 Å². The van der Waals surface area contributed by atoms with Gasteiger partial charge >= 0.3 is 0 Å². The number of hydrogen-bond acceptors (Lipinski definition) is 12. The summed E-state index contributed by atoms with van der Waals surface area (Å²) in [5, 5.41) is 78.7. The lowest BCUT2D eigenvalue weighted by atomic mass is 9.99. The monoisotopic (exact) mass is 464 g/mol. The molecule has 12 heteroatoms. The average Bonchev–Trinajstić information content (AvgIpc) is 2.76. The van der Waals surface area contributed by atoms with Crippen molar-refractivity contribution >= 4 is 11.0 Å². The van der Waals surface area contributed by atoms with E-state index in [9.17, 15) is 45.6 Å².